The molecule has 0 aliphatic carbocycles. The number of sulfone groups is 1. The first kappa shape index (κ1) is 14.6. The third-order valence-electron chi connectivity index (χ3n) is 4.29. The molecule has 0 amide bonds. The molecule has 110 valence electrons. The molecule has 0 aromatic carbocycles. The number of piperidine rings is 1. The highest BCUT2D eigenvalue weighted by atomic mass is 32.2. The molecule has 19 heavy (non-hydrogen) atoms. The van der Waals surface area contributed by atoms with Crippen molar-refractivity contribution in [3.8, 4) is 0 Å². The van der Waals surface area contributed by atoms with Gasteiger partial charge in [-0.05, 0) is 37.5 Å². The monoisotopic (exact) mass is 287 g/mol. The number of hydrogen-bond acceptors (Lipinski definition) is 3. The van der Waals surface area contributed by atoms with E-state index in [-0.39, 0.29) is 0 Å². The topological polar surface area (TPSA) is 75.8 Å². The van der Waals surface area contributed by atoms with Gasteiger partial charge in [0, 0.05) is 19.6 Å². The minimum Gasteiger partial charge on any atom is -0.370 e. The molecule has 0 atom stereocenters. The van der Waals surface area contributed by atoms with E-state index in [1.807, 2.05) is 0 Å². The Morgan fingerprint density at radius 1 is 1.21 bits per heavy atom. The molecule has 2 heterocycles. The first-order valence-electron chi connectivity index (χ1n) is 7.21. The van der Waals surface area contributed by atoms with E-state index in [9.17, 15) is 8.42 Å². The first-order valence-corrected chi connectivity index (χ1v) is 9.04. The Hall–Kier alpha value is -0.780. The third kappa shape index (κ3) is 4.37. The van der Waals surface area contributed by atoms with Gasteiger partial charge in [0.15, 0.2) is 5.96 Å². The number of rotatable bonds is 2. The molecule has 0 radical (unpaired) electrons. The summed E-state index contributed by atoms with van der Waals surface area (Å²) in [6, 6.07) is 0. The summed E-state index contributed by atoms with van der Waals surface area (Å²) in [7, 11) is -2.77. The molecule has 2 N–H and O–H groups in total. The Kier molecular flexibility index (Phi) is 4.71. The van der Waals surface area contributed by atoms with E-state index in [0.717, 1.165) is 31.8 Å². The minimum atomic E-state index is -2.77. The SMILES string of the molecule is CC1CCN(C(N)=NCC2CCS(=O)(=O)CC2)CC1. The molecule has 5 nitrogen and oxygen atoms in total. The van der Waals surface area contributed by atoms with Crippen LogP contribution in [0.2, 0.25) is 0 Å². The van der Waals surface area contributed by atoms with Crippen LogP contribution in [0.1, 0.15) is 32.6 Å². The van der Waals surface area contributed by atoms with Crippen LogP contribution in [0.5, 0.6) is 0 Å². The van der Waals surface area contributed by atoms with Gasteiger partial charge >= 0.3 is 0 Å². The molecule has 2 aliphatic rings. The van der Waals surface area contributed by atoms with Crippen molar-refractivity contribution in [2.45, 2.75) is 32.6 Å². The van der Waals surface area contributed by atoms with Crippen molar-refractivity contribution < 1.29 is 8.42 Å². The van der Waals surface area contributed by atoms with Crippen LogP contribution < -0.4 is 5.73 Å². The second-order valence-electron chi connectivity index (χ2n) is 5.96. The second kappa shape index (κ2) is 6.11. The van der Waals surface area contributed by atoms with Crippen LogP contribution in [-0.2, 0) is 9.84 Å². The molecule has 0 bridgehead atoms. The van der Waals surface area contributed by atoms with Crippen LogP contribution >= 0.6 is 0 Å². The van der Waals surface area contributed by atoms with E-state index < -0.39 is 9.84 Å². The lowest BCUT2D eigenvalue weighted by Gasteiger charge is -2.31. The molecule has 0 saturated carbocycles. The van der Waals surface area contributed by atoms with Crippen molar-refractivity contribution in [3.05, 3.63) is 0 Å². The van der Waals surface area contributed by atoms with E-state index in [0.29, 0.717) is 29.9 Å². The highest BCUT2D eigenvalue weighted by Gasteiger charge is 2.23. The maximum Gasteiger partial charge on any atom is 0.191 e. The van der Waals surface area contributed by atoms with Crippen LogP contribution in [-0.4, -0.2) is 50.4 Å². The highest BCUT2D eigenvalue weighted by Crippen LogP contribution is 2.19. The van der Waals surface area contributed by atoms with E-state index in [1.54, 1.807) is 0 Å². The lowest BCUT2D eigenvalue weighted by atomic mass is 9.99. The fourth-order valence-electron chi connectivity index (χ4n) is 2.68. The number of likely N-dealkylation sites (tertiary alicyclic amines) is 1. The van der Waals surface area contributed by atoms with Gasteiger partial charge in [-0.3, -0.25) is 4.99 Å². The Balaban J connectivity index is 1.79. The van der Waals surface area contributed by atoms with Gasteiger partial charge in [-0.15, -0.1) is 0 Å². The molecule has 2 saturated heterocycles. The van der Waals surface area contributed by atoms with Crippen molar-refractivity contribution in [1.82, 2.24) is 4.90 Å². The molecule has 2 fully saturated rings. The van der Waals surface area contributed by atoms with Gasteiger partial charge in [-0.25, -0.2) is 8.42 Å². The van der Waals surface area contributed by atoms with Crippen molar-refractivity contribution in [2.75, 3.05) is 31.1 Å². The average molecular weight is 287 g/mol. The van der Waals surface area contributed by atoms with Crippen LogP contribution in [0.3, 0.4) is 0 Å². The smallest absolute Gasteiger partial charge is 0.191 e. The zero-order valence-electron chi connectivity index (χ0n) is 11.7. The Morgan fingerprint density at radius 2 is 1.79 bits per heavy atom. The number of guanidine groups is 1. The van der Waals surface area contributed by atoms with Gasteiger partial charge < -0.3 is 10.6 Å². The summed E-state index contributed by atoms with van der Waals surface area (Å²) in [5.41, 5.74) is 6.02. The summed E-state index contributed by atoms with van der Waals surface area (Å²) in [6.45, 7) is 4.94. The minimum absolute atomic E-state index is 0.314. The van der Waals surface area contributed by atoms with E-state index in [4.69, 9.17) is 5.73 Å². The number of nitrogens with two attached hydrogens (primary N) is 1. The molecule has 0 aromatic heterocycles. The highest BCUT2D eigenvalue weighted by molar-refractivity contribution is 7.91. The summed E-state index contributed by atoms with van der Waals surface area (Å²) in [6.07, 6.45) is 3.82. The number of nitrogens with zero attached hydrogens (tertiary/aromatic N) is 2. The van der Waals surface area contributed by atoms with Crippen molar-refractivity contribution in [2.24, 2.45) is 22.6 Å². The second-order valence-corrected chi connectivity index (χ2v) is 8.27. The summed E-state index contributed by atoms with van der Waals surface area (Å²) in [5.74, 6) is 2.43. The van der Waals surface area contributed by atoms with Crippen LogP contribution in [0.25, 0.3) is 0 Å². The fourth-order valence-corrected chi connectivity index (χ4v) is 4.27. The zero-order chi connectivity index (χ0) is 13.9. The largest absolute Gasteiger partial charge is 0.370 e. The Labute approximate surface area is 116 Å². The quantitative estimate of drug-likeness (QED) is 0.603. The van der Waals surface area contributed by atoms with Gasteiger partial charge in [0.25, 0.3) is 0 Å². The number of aliphatic imine (C=N–C) groups is 1. The molecule has 0 unspecified atom stereocenters. The summed E-state index contributed by atoms with van der Waals surface area (Å²) in [5, 5.41) is 0. The Morgan fingerprint density at radius 3 is 2.37 bits per heavy atom. The lowest BCUT2D eigenvalue weighted by Crippen LogP contribution is -2.42. The van der Waals surface area contributed by atoms with Gasteiger partial charge in [-0.1, -0.05) is 6.92 Å². The molecule has 2 aliphatic heterocycles. The van der Waals surface area contributed by atoms with Gasteiger partial charge in [0.1, 0.15) is 9.84 Å². The van der Waals surface area contributed by atoms with Gasteiger partial charge in [0.2, 0.25) is 0 Å². The van der Waals surface area contributed by atoms with Crippen LogP contribution in [0.4, 0.5) is 0 Å². The maximum absolute atomic E-state index is 11.3. The number of hydrogen-bond donors (Lipinski definition) is 1. The molecule has 2 rings (SSSR count). The molecule has 0 aromatic rings. The zero-order valence-corrected chi connectivity index (χ0v) is 12.5. The first-order chi connectivity index (χ1) is 8.96. The predicted octanol–water partition coefficient (Wildman–Crippen LogP) is 0.858. The lowest BCUT2D eigenvalue weighted by molar-refractivity contribution is 0.277. The summed E-state index contributed by atoms with van der Waals surface area (Å²) >= 11 is 0. The van der Waals surface area contributed by atoms with E-state index >= 15 is 0 Å². The van der Waals surface area contributed by atoms with Crippen molar-refractivity contribution in [3.63, 3.8) is 0 Å². The van der Waals surface area contributed by atoms with Crippen molar-refractivity contribution >= 4 is 15.8 Å². The van der Waals surface area contributed by atoms with E-state index in [1.165, 1.54) is 12.8 Å². The predicted molar refractivity (Wildman–Crippen MR) is 77.8 cm³/mol. The molecule has 0 spiro atoms. The fraction of sp³-hybridized carbons (Fsp3) is 0.923. The third-order valence-corrected chi connectivity index (χ3v) is 6.01. The molecular formula is C13H25N3O2S. The van der Waals surface area contributed by atoms with Gasteiger partial charge in [-0.2, -0.15) is 0 Å². The van der Waals surface area contributed by atoms with Gasteiger partial charge in [0.05, 0.1) is 11.5 Å². The van der Waals surface area contributed by atoms with E-state index in [2.05, 4.69) is 16.8 Å². The summed E-state index contributed by atoms with van der Waals surface area (Å²) in [4.78, 5) is 6.62. The molecule has 6 heteroatoms. The standard InChI is InChI=1S/C13H25N3O2S/c1-11-2-6-16(7-3-11)13(14)15-10-12-4-8-19(17,18)9-5-12/h11-12H,2-10H2,1H3,(H2,14,15). The summed E-state index contributed by atoms with van der Waals surface area (Å²) < 4.78 is 22.7. The maximum atomic E-state index is 11.3. The van der Waals surface area contributed by atoms with Crippen molar-refractivity contribution in [1.29, 1.82) is 0 Å². The normalized spacial score (nSPS) is 26.6. The van der Waals surface area contributed by atoms with Crippen LogP contribution in [0.15, 0.2) is 4.99 Å². The molecular weight excluding hydrogens is 262 g/mol. The van der Waals surface area contributed by atoms with Crippen LogP contribution in [0, 0.1) is 11.8 Å². The average Bonchev–Trinajstić information content (AvgIpc) is 2.38. The Bertz CT molecular complexity index is 411.